The van der Waals surface area contributed by atoms with E-state index in [0.717, 1.165) is 36.5 Å². The number of aromatic nitrogens is 4. The molecule has 2 aromatic heterocycles. The van der Waals surface area contributed by atoms with Gasteiger partial charge in [0.25, 0.3) is 0 Å². The normalized spacial score (nSPS) is 23.3. The molecule has 0 saturated carbocycles. The predicted molar refractivity (Wildman–Crippen MR) is 163 cm³/mol. The fraction of sp³-hybridized carbons (Fsp3) is 0.438. The lowest BCUT2D eigenvalue weighted by Gasteiger charge is -2.43. The lowest BCUT2D eigenvalue weighted by molar-refractivity contribution is -0.225. The number of nitrogen functional groups attached to an aromatic ring is 1. The van der Waals surface area contributed by atoms with Gasteiger partial charge in [-0.3, -0.25) is 9.48 Å². The van der Waals surface area contributed by atoms with Crippen LogP contribution in [0.2, 0.25) is 0 Å². The van der Waals surface area contributed by atoms with Gasteiger partial charge in [-0.25, -0.2) is 4.39 Å². The first-order valence-corrected chi connectivity index (χ1v) is 15.4. The number of halogens is 7. The first-order chi connectivity index (χ1) is 23.0. The number of alkyl halides is 6. The molecule has 49 heavy (non-hydrogen) atoms. The standard InChI is InChI=1S/C32H32F7N7O3/c1-18-8-11-46(44-18)30(32(37,38)39)15-20(19-2-5-21(33)6-3-19)4-7-22(30)26(31(34,35)36)49-25-14-24(42-28(40)43-25)45-12-9-29(10-13-45)16-23(27(47)48)41-17-29/h2-8,11,14,23,26,41H,9-10,12-13,15-17H2,1H3,(H,47,48)(H2,40,42,43)/t23-,26+,30?/m0/s1. The molecule has 4 heterocycles. The highest BCUT2D eigenvalue weighted by molar-refractivity contribution is 5.74. The second-order valence-corrected chi connectivity index (χ2v) is 12.7. The molecular formula is C32H32F7N7O3. The second kappa shape index (κ2) is 12.3. The number of carboxylic acids is 1. The molecule has 4 N–H and O–H groups in total. The lowest BCUT2D eigenvalue weighted by Crippen LogP contribution is -2.56. The molecule has 1 aromatic carbocycles. The molecule has 2 aliphatic heterocycles. The van der Waals surface area contributed by atoms with Crippen LogP contribution >= 0.6 is 0 Å². The summed E-state index contributed by atoms with van der Waals surface area (Å²) in [6.07, 6.45) is -10.5. The summed E-state index contributed by atoms with van der Waals surface area (Å²) in [5, 5.41) is 16.3. The van der Waals surface area contributed by atoms with E-state index in [4.69, 9.17) is 10.5 Å². The maximum Gasteiger partial charge on any atom is 0.429 e. The van der Waals surface area contributed by atoms with Crippen LogP contribution in [0.1, 0.15) is 36.9 Å². The minimum absolute atomic E-state index is 0.00118. The number of aryl methyl sites for hydroxylation is 1. The van der Waals surface area contributed by atoms with Crippen LogP contribution in [0, 0.1) is 18.2 Å². The molecule has 10 nitrogen and oxygen atoms in total. The number of benzene rings is 1. The van der Waals surface area contributed by atoms with Crippen molar-refractivity contribution in [3.05, 3.63) is 77.4 Å². The number of hydrogen-bond acceptors (Lipinski definition) is 8. The highest BCUT2D eigenvalue weighted by Crippen LogP contribution is 2.53. The Labute approximate surface area is 275 Å². The Morgan fingerprint density at radius 1 is 1.08 bits per heavy atom. The molecular weight excluding hydrogens is 663 g/mol. The molecule has 1 unspecified atom stereocenters. The highest BCUT2D eigenvalue weighted by atomic mass is 19.4. The van der Waals surface area contributed by atoms with E-state index in [-0.39, 0.29) is 28.1 Å². The number of nitrogens with zero attached hydrogens (tertiary/aromatic N) is 5. The number of aliphatic carboxylic acids is 1. The Balaban J connectivity index is 1.37. The average Bonchev–Trinajstić information content (AvgIpc) is 3.66. The van der Waals surface area contributed by atoms with Gasteiger partial charge in [-0.1, -0.05) is 24.3 Å². The topological polar surface area (TPSA) is 131 Å². The van der Waals surface area contributed by atoms with Gasteiger partial charge < -0.3 is 25.8 Å². The van der Waals surface area contributed by atoms with Gasteiger partial charge in [-0.15, -0.1) is 0 Å². The van der Waals surface area contributed by atoms with Crippen molar-refractivity contribution in [2.75, 3.05) is 30.3 Å². The van der Waals surface area contributed by atoms with Gasteiger partial charge in [-0.2, -0.15) is 41.4 Å². The summed E-state index contributed by atoms with van der Waals surface area (Å²) in [7, 11) is 0. The number of hydrogen-bond donors (Lipinski definition) is 3. The van der Waals surface area contributed by atoms with Crippen molar-refractivity contribution in [1.82, 2.24) is 25.1 Å². The zero-order chi connectivity index (χ0) is 35.4. The predicted octanol–water partition coefficient (Wildman–Crippen LogP) is 5.42. The van der Waals surface area contributed by atoms with Crippen LogP contribution < -0.4 is 20.7 Å². The molecule has 3 aliphatic rings. The van der Waals surface area contributed by atoms with Crippen LogP contribution in [0.5, 0.6) is 5.88 Å². The minimum Gasteiger partial charge on any atom is -0.480 e. The summed E-state index contributed by atoms with van der Waals surface area (Å²) in [6.45, 7) is 2.63. The van der Waals surface area contributed by atoms with Gasteiger partial charge in [0.2, 0.25) is 17.9 Å². The molecule has 0 bridgehead atoms. The van der Waals surface area contributed by atoms with Crippen molar-refractivity contribution in [3.8, 4) is 5.88 Å². The summed E-state index contributed by atoms with van der Waals surface area (Å²) < 4.78 is 111. The lowest BCUT2D eigenvalue weighted by atomic mass is 9.74. The summed E-state index contributed by atoms with van der Waals surface area (Å²) in [6, 6.07) is 6.24. The van der Waals surface area contributed by atoms with E-state index >= 15 is 13.2 Å². The molecule has 3 atom stereocenters. The van der Waals surface area contributed by atoms with Crippen LogP contribution in [-0.4, -0.2) is 75.0 Å². The summed E-state index contributed by atoms with van der Waals surface area (Å²) >= 11 is 0. The van der Waals surface area contributed by atoms with Crippen molar-refractivity contribution in [1.29, 1.82) is 0 Å². The van der Waals surface area contributed by atoms with Gasteiger partial charge in [0, 0.05) is 43.9 Å². The van der Waals surface area contributed by atoms with E-state index in [2.05, 4.69) is 20.4 Å². The molecule has 0 radical (unpaired) electrons. The van der Waals surface area contributed by atoms with E-state index in [1.165, 1.54) is 25.1 Å². The number of piperidine rings is 1. The first-order valence-electron chi connectivity index (χ1n) is 15.4. The van der Waals surface area contributed by atoms with Crippen molar-refractivity contribution < 1.29 is 45.4 Å². The molecule has 3 aromatic rings. The van der Waals surface area contributed by atoms with Crippen LogP contribution in [-0.2, 0) is 10.3 Å². The zero-order valence-electron chi connectivity index (χ0n) is 26.0. The maximum atomic E-state index is 15.4. The van der Waals surface area contributed by atoms with Gasteiger partial charge in [0.1, 0.15) is 17.7 Å². The smallest absolute Gasteiger partial charge is 0.429 e. The van der Waals surface area contributed by atoms with Crippen molar-refractivity contribution in [2.45, 2.75) is 62.6 Å². The third kappa shape index (κ3) is 6.55. The third-order valence-electron chi connectivity index (χ3n) is 9.52. The number of carboxylic acid groups (broad SMARTS) is 1. The number of rotatable bonds is 7. The molecule has 0 amide bonds. The Morgan fingerprint density at radius 3 is 2.35 bits per heavy atom. The Bertz CT molecular complexity index is 1780. The zero-order valence-corrected chi connectivity index (χ0v) is 26.0. The summed E-state index contributed by atoms with van der Waals surface area (Å²) in [4.78, 5) is 21.1. The SMILES string of the molecule is Cc1ccn(C2(C(F)(F)F)CC(c3ccc(F)cc3)=CC=C2[C@@H](Oc2cc(N3CCC4(CC3)CN[C@H](C(=O)O)C4)nc(N)n2)C(F)(F)F)n1. The molecule has 262 valence electrons. The van der Waals surface area contributed by atoms with Crippen molar-refractivity contribution >= 4 is 23.3 Å². The summed E-state index contributed by atoms with van der Waals surface area (Å²) in [5.74, 6) is -2.62. The molecule has 17 heteroatoms. The van der Waals surface area contributed by atoms with Crippen LogP contribution in [0.3, 0.4) is 0 Å². The second-order valence-electron chi connectivity index (χ2n) is 12.7. The number of ether oxygens (including phenoxy) is 1. The highest BCUT2D eigenvalue weighted by Gasteiger charge is 2.65. The Morgan fingerprint density at radius 2 is 1.78 bits per heavy atom. The fourth-order valence-electron chi connectivity index (χ4n) is 6.93. The van der Waals surface area contributed by atoms with E-state index in [9.17, 15) is 27.5 Å². The van der Waals surface area contributed by atoms with Crippen LogP contribution in [0.15, 0.2) is 60.3 Å². The van der Waals surface area contributed by atoms with Crippen LogP contribution in [0.4, 0.5) is 42.5 Å². The Kier molecular flexibility index (Phi) is 8.61. The minimum atomic E-state index is -5.38. The first kappa shape index (κ1) is 34.2. The van der Waals surface area contributed by atoms with Crippen molar-refractivity contribution in [2.24, 2.45) is 5.41 Å². The van der Waals surface area contributed by atoms with Gasteiger partial charge in [0.15, 0.2) is 5.54 Å². The van der Waals surface area contributed by atoms with Gasteiger partial charge in [-0.05, 0) is 60.9 Å². The number of allylic oxidation sites excluding steroid dienone is 3. The fourth-order valence-corrected chi connectivity index (χ4v) is 6.93. The van der Waals surface area contributed by atoms with E-state index < -0.39 is 65.6 Å². The monoisotopic (exact) mass is 695 g/mol. The van der Waals surface area contributed by atoms with E-state index in [1.807, 2.05) is 0 Å². The van der Waals surface area contributed by atoms with Crippen molar-refractivity contribution in [3.63, 3.8) is 0 Å². The number of carbonyl (C=O) groups is 1. The quantitative estimate of drug-likeness (QED) is 0.278. The summed E-state index contributed by atoms with van der Waals surface area (Å²) in [5.41, 5.74) is 1.35. The maximum absolute atomic E-state index is 15.4. The average molecular weight is 696 g/mol. The number of nitrogens with two attached hydrogens (primary N) is 1. The molecule has 1 spiro atoms. The van der Waals surface area contributed by atoms with Crippen LogP contribution in [0.25, 0.3) is 5.57 Å². The molecule has 2 saturated heterocycles. The van der Waals surface area contributed by atoms with E-state index in [1.54, 1.807) is 4.90 Å². The molecule has 1 aliphatic carbocycles. The van der Waals surface area contributed by atoms with Gasteiger partial charge in [0.05, 0.1) is 5.69 Å². The molecule has 2 fully saturated rings. The van der Waals surface area contributed by atoms with Gasteiger partial charge >= 0.3 is 18.3 Å². The number of anilines is 2. The largest absolute Gasteiger partial charge is 0.480 e. The van der Waals surface area contributed by atoms with E-state index in [0.29, 0.717) is 43.6 Å². The third-order valence-corrected chi connectivity index (χ3v) is 9.52. The number of nitrogens with one attached hydrogen (secondary N) is 1. The molecule has 6 rings (SSSR count). The Hall–Kier alpha value is -4.67.